The Morgan fingerprint density at radius 1 is 0.958 bits per heavy atom. The number of ether oxygens (including phenoxy) is 1. The molecule has 2 aromatic rings. The zero-order valence-corrected chi connectivity index (χ0v) is 12.4. The molecule has 0 bridgehead atoms. The lowest BCUT2D eigenvalue weighted by Gasteiger charge is -2.12. The molecular formula is C15H13N3O6. The van der Waals surface area contributed by atoms with Gasteiger partial charge in [-0.15, -0.1) is 0 Å². The fourth-order valence-electron chi connectivity index (χ4n) is 1.88. The molecule has 124 valence electrons. The summed E-state index contributed by atoms with van der Waals surface area (Å²) in [6.45, 7) is -0.455. The van der Waals surface area contributed by atoms with E-state index in [1.54, 1.807) is 30.3 Å². The summed E-state index contributed by atoms with van der Waals surface area (Å²) >= 11 is 0. The molecule has 2 rings (SSSR count). The van der Waals surface area contributed by atoms with Crippen LogP contribution < -0.4 is 0 Å². The molecule has 0 atom stereocenters. The smallest absolute Gasteiger partial charge is 0.441 e. The third kappa shape index (κ3) is 4.50. The Balaban J connectivity index is 2.01. The number of hydrogen-bond donors (Lipinski definition) is 0. The van der Waals surface area contributed by atoms with Gasteiger partial charge < -0.3 is 4.74 Å². The van der Waals surface area contributed by atoms with E-state index in [1.165, 1.54) is 24.3 Å². The maximum absolute atomic E-state index is 11.9. The van der Waals surface area contributed by atoms with Crippen molar-refractivity contribution in [3.8, 4) is 0 Å². The first-order valence-electron chi connectivity index (χ1n) is 6.83. The number of carbonyl (C=O) groups is 1. The normalized spacial score (nSPS) is 10.0. The Morgan fingerprint density at radius 3 is 2.12 bits per heavy atom. The molecule has 1 amide bonds. The van der Waals surface area contributed by atoms with E-state index in [2.05, 4.69) is 0 Å². The number of carbonyl (C=O) groups excluding carboxylic acids is 1. The molecule has 9 nitrogen and oxygen atoms in total. The van der Waals surface area contributed by atoms with Gasteiger partial charge in [-0.3, -0.25) is 10.1 Å². The summed E-state index contributed by atoms with van der Waals surface area (Å²) in [5.74, 6) is 0. The van der Waals surface area contributed by atoms with Crippen LogP contribution >= 0.6 is 0 Å². The summed E-state index contributed by atoms with van der Waals surface area (Å²) in [4.78, 5) is 32.9. The second kappa shape index (κ2) is 7.68. The fourth-order valence-corrected chi connectivity index (χ4v) is 1.88. The van der Waals surface area contributed by atoms with Gasteiger partial charge in [0.15, 0.2) is 5.03 Å². The standard InChI is InChI=1S/C15H13N3O6/c19-15(24-11-13-4-2-1-3-5-13)16(18(22)23)10-12-6-8-14(9-7-12)17(20)21/h1-9H,10-11H2. The molecule has 0 fully saturated rings. The van der Waals surface area contributed by atoms with E-state index < -0.39 is 16.0 Å². The van der Waals surface area contributed by atoms with Crippen molar-refractivity contribution in [2.75, 3.05) is 0 Å². The predicted molar refractivity (Wildman–Crippen MR) is 82.3 cm³/mol. The molecule has 0 aliphatic carbocycles. The minimum Gasteiger partial charge on any atom is -0.441 e. The first-order valence-corrected chi connectivity index (χ1v) is 6.83. The van der Waals surface area contributed by atoms with E-state index in [-0.39, 0.29) is 18.8 Å². The van der Waals surface area contributed by atoms with Gasteiger partial charge in [0.1, 0.15) is 13.2 Å². The SMILES string of the molecule is O=C(OCc1ccccc1)N(Cc1ccc([N+](=O)[O-])cc1)[N+](=O)[O-]. The molecule has 0 N–H and O–H groups in total. The van der Waals surface area contributed by atoms with Crippen molar-refractivity contribution < 1.29 is 19.5 Å². The molecule has 0 radical (unpaired) electrons. The van der Waals surface area contributed by atoms with Crippen LogP contribution in [-0.4, -0.2) is 21.1 Å². The molecule has 0 saturated heterocycles. The van der Waals surface area contributed by atoms with Crippen LogP contribution in [-0.2, 0) is 17.9 Å². The molecule has 0 aromatic heterocycles. The monoisotopic (exact) mass is 331 g/mol. The van der Waals surface area contributed by atoms with Crippen LogP contribution in [0.4, 0.5) is 10.5 Å². The third-order valence-electron chi connectivity index (χ3n) is 3.09. The first-order chi connectivity index (χ1) is 11.5. The first kappa shape index (κ1) is 16.9. The minimum atomic E-state index is -1.11. The lowest BCUT2D eigenvalue weighted by atomic mass is 10.2. The van der Waals surface area contributed by atoms with Gasteiger partial charge >= 0.3 is 6.09 Å². The molecule has 0 heterocycles. The summed E-state index contributed by atoms with van der Waals surface area (Å²) < 4.78 is 4.92. The van der Waals surface area contributed by atoms with Crippen molar-refractivity contribution in [1.29, 1.82) is 0 Å². The molecule has 24 heavy (non-hydrogen) atoms. The van der Waals surface area contributed by atoms with Crippen molar-refractivity contribution in [3.63, 3.8) is 0 Å². The number of non-ortho nitro benzene ring substituents is 1. The van der Waals surface area contributed by atoms with Gasteiger partial charge in [0, 0.05) is 12.1 Å². The van der Waals surface area contributed by atoms with Crippen LogP contribution in [0.1, 0.15) is 11.1 Å². The molecule has 2 aromatic carbocycles. The number of hydrazine groups is 1. The topological polar surface area (TPSA) is 116 Å². The second-order valence-corrected chi connectivity index (χ2v) is 4.76. The minimum absolute atomic E-state index is 0.0930. The highest BCUT2D eigenvalue weighted by molar-refractivity contribution is 5.66. The molecule has 0 saturated carbocycles. The summed E-state index contributed by atoms with van der Waals surface area (Å²) in [6, 6.07) is 13.9. The lowest BCUT2D eigenvalue weighted by Crippen LogP contribution is -2.36. The van der Waals surface area contributed by atoms with Crippen molar-refractivity contribution in [3.05, 3.63) is 86.0 Å². The number of hydrogen-bond acceptors (Lipinski definition) is 6. The Morgan fingerprint density at radius 2 is 1.58 bits per heavy atom. The maximum Gasteiger partial charge on any atom is 0.468 e. The van der Waals surface area contributed by atoms with Crippen LogP contribution in [0.2, 0.25) is 0 Å². The Hall–Kier alpha value is -3.49. The van der Waals surface area contributed by atoms with E-state index in [1.807, 2.05) is 0 Å². The fraction of sp³-hybridized carbons (Fsp3) is 0.133. The summed E-state index contributed by atoms with van der Waals surface area (Å²) in [7, 11) is 0. The summed E-state index contributed by atoms with van der Waals surface area (Å²) in [5.41, 5.74) is 0.927. The number of nitrogens with zero attached hydrogens (tertiary/aromatic N) is 3. The average Bonchev–Trinajstić information content (AvgIpc) is 2.58. The quantitative estimate of drug-likeness (QED) is 0.593. The van der Waals surface area contributed by atoms with E-state index in [0.717, 1.165) is 0 Å². The molecule has 0 aliphatic rings. The molecular weight excluding hydrogens is 318 g/mol. The van der Waals surface area contributed by atoms with Crippen LogP contribution in [0.5, 0.6) is 0 Å². The number of rotatable bonds is 6. The Kier molecular flexibility index (Phi) is 5.40. The van der Waals surface area contributed by atoms with Crippen molar-refractivity contribution in [2.45, 2.75) is 13.2 Å². The number of nitro benzene ring substituents is 1. The highest BCUT2D eigenvalue weighted by atomic mass is 16.7. The highest BCUT2D eigenvalue weighted by Gasteiger charge is 2.26. The van der Waals surface area contributed by atoms with E-state index in [4.69, 9.17) is 4.74 Å². The molecule has 9 heteroatoms. The average molecular weight is 331 g/mol. The number of benzene rings is 2. The zero-order chi connectivity index (χ0) is 17.5. The Bertz CT molecular complexity index is 733. The van der Waals surface area contributed by atoms with Gasteiger partial charge in [-0.2, -0.15) is 0 Å². The van der Waals surface area contributed by atoms with Crippen LogP contribution in [0, 0.1) is 20.2 Å². The largest absolute Gasteiger partial charge is 0.468 e. The third-order valence-corrected chi connectivity index (χ3v) is 3.09. The van der Waals surface area contributed by atoms with Gasteiger partial charge in [0.25, 0.3) is 5.69 Å². The van der Waals surface area contributed by atoms with E-state index >= 15 is 0 Å². The van der Waals surface area contributed by atoms with Crippen molar-refractivity contribution >= 4 is 11.8 Å². The molecule has 0 unspecified atom stereocenters. The van der Waals surface area contributed by atoms with E-state index in [0.29, 0.717) is 16.1 Å². The van der Waals surface area contributed by atoms with Gasteiger partial charge in [0.2, 0.25) is 0 Å². The van der Waals surface area contributed by atoms with Crippen molar-refractivity contribution in [1.82, 2.24) is 5.01 Å². The highest BCUT2D eigenvalue weighted by Crippen LogP contribution is 2.14. The second-order valence-electron chi connectivity index (χ2n) is 4.76. The van der Waals surface area contributed by atoms with Gasteiger partial charge in [0.05, 0.1) is 4.92 Å². The molecule has 0 aliphatic heterocycles. The van der Waals surface area contributed by atoms with Gasteiger partial charge in [-0.05, 0) is 16.1 Å². The summed E-state index contributed by atoms with van der Waals surface area (Å²) in [5, 5.41) is 21.1. The van der Waals surface area contributed by atoms with Gasteiger partial charge in [-0.1, -0.05) is 42.5 Å². The zero-order valence-electron chi connectivity index (χ0n) is 12.4. The lowest BCUT2D eigenvalue weighted by molar-refractivity contribution is -0.639. The van der Waals surface area contributed by atoms with Crippen molar-refractivity contribution in [2.24, 2.45) is 0 Å². The molecule has 0 spiro atoms. The Labute approximate surface area is 136 Å². The van der Waals surface area contributed by atoms with Crippen LogP contribution in [0.15, 0.2) is 54.6 Å². The maximum atomic E-state index is 11.9. The van der Waals surface area contributed by atoms with Crippen LogP contribution in [0.3, 0.4) is 0 Å². The number of amides is 1. The van der Waals surface area contributed by atoms with Gasteiger partial charge in [-0.25, -0.2) is 14.9 Å². The summed E-state index contributed by atoms with van der Waals surface area (Å²) in [6.07, 6.45) is -1.11. The van der Waals surface area contributed by atoms with Crippen LogP contribution in [0.25, 0.3) is 0 Å². The number of nitro groups is 2. The predicted octanol–water partition coefficient (Wildman–Crippen LogP) is 2.93. The van der Waals surface area contributed by atoms with E-state index in [9.17, 15) is 25.0 Å².